The van der Waals surface area contributed by atoms with Crippen LogP contribution < -0.4 is 5.32 Å². The van der Waals surface area contributed by atoms with Crippen molar-refractivity contribution >= 4 is 17.3 Å². The second-order valence-electron chi connectivity index (χ2n) is 4.72. The molecule has 2 N–H and O–H groups in total. The normalized spacial score (nSPS) is 31.6. The maximum atomic E-state index is 10.1. The van der Waals surface area contributed by atoms with Gasteiger partial charge in [-0.05, 0) is 39.2 Å². The van der Waals surface area contributed by atoms with Crippen molar-refractivity contribution in [2.75, 3.05) is 13.1 Å². The van der Waals surface area contributed by atoms with Crippen molar-refractivity contribution in [3.8, 4) is 0 Å². The van der Waals surface area contributed by atoms with Crippen LogP contribution in [0.15, 0.2) is 6.08 Å². The van der Waals surface area contributed by atoms with Gasteiger partial charge in [0.05, 0.1) is 6.10 Å². The number of hydrogen-bond donors (Lipinski definition) is 2. The monoisotopic (exact) mass is 261 g/mol. The fourth-order valence-electron chi connectivity index (χ4n) is 2.26. The van der Waals surface area contributed by atoms with Crippen LogP contribution in [0.2, 0.25) is 0 Å². The van der Waals surface area contributed by atoms with Crippen LogP contribution in [0.3, 0.4) is 0 Å². The van der Waals surface area contributed by atoms with Crippen LogP contribution in [0.25, 0.3) is 0 Å². The van der Waals surface area contributed by atoms with Crippen molar-refractivity contribution in [3.63, 3.8) is 0 Å². The first-order chi connectivity index (χ1) is 8.00. The third-order valence-electron chi connectivity index (χ3n) is 3.24. The molecule has 2 fully saturated rings. The molecule has 0 amide bonds. The molecule has 0 radical (unpaired) electrons. The first kappa shape index (κ1) is 14.5. The van der Waals surface area contributed by atoms with Gasteiger partial charge in [0.1, 0.15) is 5.94 Å². The van der Waals surface area contributed by atoms with Crippen LogP contribution in [0.5, 0.6) is 0 Å². The van der Waals surface area contributed by atoms with Crippen molar-refractivity contribution in [2.45, 2.75) is 32.8 Å². The molecule has 2 rings (SSSR count). The minimum atomic E-state index is -2.10. The van der Waals surface area contributed by atoms with E-state index in [-0.39, 0.29) is 11.5 Å². The van der Waals surface area contributed by atoms with E-state index in [1.54, 1.807) is 19.9 Å². The predicted octanol–water partition coefficient (Wildman–Crippen LogP) is 0.922. The van der Waals surface area contributed by atoms with Gasteiger partial charge in [-0.2, -0.15) is 4.21 Å². The second-order valence-corrected chi connectivity index (χ2v) is 5.35. The van der Waals surface area contributed by atoms with E-state index in [1.807, 2.05) is 5.94 Å². The highest BCUT2D eigenvalue weighted by Crippen LogP contribution is 2.49. The molecule has 17 heavy (non-hydrogen) atoms. The Morgan fingerprint density at radius 2 is 2.35 bits per heavy atom. The lowest BCUT2D eigenvalue weighted by Crippen LogP contribution is -2.37. The molecule has 0 aromatic carbocycles. The molecule has 0 aromatic heterocycles. The average Bonchev–Trinajstić information content (AvgIpc) is 2.44. The third kappa shape index (κ3) is 4.01. The van der Waals surface area contributed by atoms with Crippen LogP contribution in [-0.4, -0.2) is 33.9 Å². The molecule has 1 heterocycles. The molecule has 6 heteroatoms. The summed E-state index contributed by atoms with van der Waals surface area (Å²) in [6, 6.07) is 0. The summed E-state index contributed by atoms with van der Waals surface area (Å²) in [7, 11) is 0. The Morgan fingerprint density at radius 3 is 2.65 bits per heavy atom. The van der Waals surface area contributed by atoms with E-state index in [0.717, 1.165) is 19.0 Å². The summed E-state index contributed by atoms with van der Waals surface area (Å²) in [5, 5.41) is 3.30. The van der Waals surface area contributed by atoms with Gasteiger partial charge in [-0.1, -0.05) is 0 Å². The summed E-state index contributed by atoms with van der Waals surface area (Å²) in [6.45, 7) is 5.47. The lowest BCUT2D eigenvalue weighted by molar-refractivity contribution is 0.148. The van der Waals surface area contributed by atoms with Crippen molar-refractivity contribution in [1.29, 1.82) is 0 Å². The Morgan fingerprint density at radius 1 is 1.65 bits per heavy atom. The van der Waals surface area contributed by atoms with Crippen LogP contribution in [0.4, 0.5) is 0 Å². The van der Waals surface area contributed by atoms with E-state index in [2.05, 4.69) is 9.50 Å². The number of carbonyl (C=O) groups excluding carboxylic acids is 1. The summed E-state index contributed by atoms with van der Waals surface area (Å²) in [5.74, 6) is 2.65. The van der Waals surface area contributed by atoms with Crippen molar-refractivity contribution in [1.82, 2.24) is 5.32 Å². The largest absolute Gasteiger partial charge is 0.316 e. The number of fused-ring (bicyclic) bond motifs is 1. The van der Waals surface area contributed by atoms with Gasteiger partial charge in [-0.3, -0.25) is 8.74 Å². The fraction of sp³-hybridized carbons (Fsp3) is 0.818. The first-order valence-electron chi connectivity index (χ1n) is 5.71. The van der Waals surface area contributed by atoms with Crippen molar-refractivity contribution in [2.24, 2.45) is 11.3 Å². The van der Waals surface area contributed by atoms with Gasteiger partial charge in [-0.25, -0.2) is 4.79 Å². The number of rotatable bonds is 3. The fourth-order valence-corrected chi connectivity index (χ4v) is 2.59. The smallest absolute Gasteiger partial charge is 0.302 e. The van der Waals surface area contributed by atoms with Gasteiger partial charge in [0.15, 0.2) is 0 Å². The van der Waals surface area contributed by atoms with Gasteiger partial charge in [0.2, 0.25) is 0 Å². The molecule has 5 nitrogen and oxygen atoms in total. The molecule has 98 valence electrons. The Labute approximate surface area is 104 Å². The van der Waals surface area contributed by atoms with Crippen molar-refractivity contribution in [3.05, 3.63) is 6.08 Å². The van der Waals surface area contributed by atoms with Crippen molar-refractivity contribution < 1.29 is 17.7 Å². The number of nitrogens with one attached hydrogen (secondary N) is 1. The van der Waals surface area contributed by atoms with Crippen LogP contribution in [-0.2, 0) is 20.3 Å². The summed E-state index contributed by atoms with van der Waals surface area (Å²) < 4.78 is 21.9. The predicted molar refractivity (Wildman–Crippen MR) is 65.3 cm³/mol. The molecular formula is C11H19NO4S. The minimum absolute atomic E-state index is 0.175. The molecule has 1 saturated carbocycles. The molecule has 1 aliphatic carbocycles. The van der Waals surface area contributed by atoms with Gasteiger partial charge >= 0.3 is 11.4 Å². The highest BCUT2D eigenvalue weighted by atomic mass is 32.2. The Hall–Kier alpha value is -0.520. The summed E-state index contributed by atoms with van der Waals surface area (Å²) in [6.07, 6.45) is 4.01. The molecule has 1 saturated heterocycles. The van der Waals surface area contributed by atoms with Crippen LogP contribution >= 0.6 is 0 Å². The Bertz CT molecular complexity index is 327. The highest BCUT2D eigenvalue weighted by molar-refractivity contribution is 7.74. The summed E-state index contributed by atoms with van der Waals surface area (Å²) in [5.41, 5.74) is 0.224. The molecule has 3 unspecified atom stereocenters. The maximum Gasteiger partial charge on any atom is 0.302 e. The molecular weight excluding hydrogens is 242 g/mol. The maximum absolute atomic E-state index is 10.1. The Balaban J connectivity index is 0.000000185. The van der Waals surface area contributed by atoms with Gasteiger partial charge in [0.25, 0.3) is 0 Å². The Kier molecular flexibility index (Phi) is 5.49. The SMILES string of the molecule is CC(C)OS(=O)O.O=C=CC12CCC1CNC2. The summed E-state index contributed by atoms with van der Waals surface area (Å²) in [4.78, 5) is 10.1. The van der Waals surface area contributed by atoms with E-state index >= 15 is 0 Å². The minimum Gasteiger partial charge on any atom is -0.316 e. The quantitative estimate of drug-likeness (QED) is 0.583. The zero-order valence-electron chi connectivity index (χ0n) is 10.1. The van der Waals surface area contributed by atoms with Crippen LogP contribution in [0.1, 0.15) is 26.7 Å². The lowest BCUT2D eigenvalue weighted by atomic mass is 9.62. The van der Waals surface area contributed by atoms with Crippen LogP contribution in [0, 0.1) is 11.3 Å². The van der Waals surface area contributed by atoms with Gasteiger partial charge < -0.3 is 5.32 Å². The highest BCUT2D eigenvalue weighted by Gasteiger charge is 2.48. The topological polar surface area (TPSA) is 75.6 Å². The van der Waals surface area contributed by atoms with Gasteiger partial charge in [-0.15, -0.1) is 0 Å². The molecule has 0 spiro atoms. The molecule has 1 aliphatic heterocycles. The van der Waals surface area contributed by atoms with E-state index in [0.29, 0.717) is 0 Å². The molecule has 2 aliphatic rings. The molecule has 0 bridgehead atoms. The van der Waals surface area contributed by atoms with Gasteiger partial charge in [0, 0.05) is 18.0 Å². The van der Waals surface area contributed by atoms with E-state index in [4.69, 9.17) is 4.55 Å². The average molecular weight is 261 g/mol. The van der Waals surface area contributed by atoms with E-state index < -0.39 is 11.4 Å². The van der Waals surface area contributed by atoms with E-state index in [9.17, 15) is 9.00 Å². The third-order valence-corrected chi connectivity index (χ3v) is 3.79. The second kappa shape index (κ2) is 6.42. The lowest BCUT2D eigenvalue weighted by Gasteiger charge is -2.40. The zero-order chi connectivity index (χ0) is 12.9. The molecule has 3 atom stereocenters. The first-order valence-corrected chi connectivity index (χ1v) is 6.74. The van der Waals surface area contributed by atoms with E-state index in [1.165, 1.54) is 12.8 Å². The molecule has 0 aromatic rings. The standard InChI is InChI=1S/C8H11NO.C3H8O3S/c10-4-3-8-2-1-7(8)5-9-6-8;1-3(2)6-7(4)5/h3,7,9H,1-2,5-6H2;3H,1-2H3,(H,4,5). The number of hydrogen-bond acceptors (Lipinski definition) is 4. The zero-order valence-corrected chi connectivity index (χ0v) is 11.0. The summed E-state index contributed by atoms with van der Waals surface area (Å²) >= 11 is -2.10.